The lowest BCUT2D eigenvalue weighted by Crippen LogP contribution is -2.37. The summed E-state index contributed by atoms with van der Waals surface area (Å²) in [6, 6.07) is 53.7. The van der Waals surface area contributed by atoms with E-state index < -0.39 is 8.07 Å². The molecule has 52 heavy (non-hydrogen) atoms. The summed E-state index contributed by atoms with van der Waals surface area (Å²) < 4.78 is 0. The monoisotopic (exact) mass is 683 g/mol. The molecule has 0 atom stereocenters. The maximum atomic E-state index is 10.3. The maximum absolute atomic E-state index is 10.3. The second-order valence-corrected chi connectivity index (χ2v) is 19.0. The van der Waals surface area contributed by atoms with E-state index in [9.17, 15) is 10.5 Å². The Morgan fingerprint density at radius 2 is 0.962 bits per heavy atom. The van der Waals surface area contributed by atoms with E-state index >= 15 is 0 Å². The van der Waals surface area contributed by atoms with E-state index in [4.69, 9.17) is 6.57 Å². The molecule has 0 aliphatic heterocycles. The van der Waals surface area contributed by atoms with Gasteiger partial charge in [0.15, 0.2) is 0 Å². The third-order valence-electron chi connectivity index (χ3n) is 9.87. The summed E-state index contributed by atoms with van der Waals surface area (Å²) in [7, 11) is -1.54. The molecule has 0 fully saturated rings. The highest BCUT2D eigenvalue weighted by atomic mass is 28.3. The first-order valence-corrected chi connectivity index (χ1v) is 20.7. The van der Waals surface area contributed by atoms with Gasteiger partial charge in [0.1, 0.15) is 12.1 Å². The zero-order valence-electron chi connectivity index (χ0n) is 29.1. The molecule has 0 amide bonds. The first kappa shape index (κ1) is 32.3. The van der Waals surface area contributed by atoms with Gasteiger partial charge in [-0.25, -0.2) is 4.85 Å². The van der Waals surface area contributed by atoms with Crippen LogP contribution < -0.4 is 15.0 Å². The topological polar surface area (TPSA) is 58.4 Å². The second kappa shape index (κ2) is 12.8. The highest BCUT2D eigenvalue weighted by Crippen LogP contribution is 2.49. The Hall–Kier alpha value is -6.91. The lowest BCUT2D eigenvalue weighted by atomic mass is 9.91. The van der Waals surface area contributed by atoms with Crippen LogP contribution in [0.5, 0.6) is 0 Å². The Labute approximate surface area is 304 Å². The number of hydrogen-bond acceptors (Lipinski definition) is 4. The molecule has 246 valence electrons. The average Bonchev–Trinajstić information content (AvgIpc) is 3.18. The molecule has 0 spiro atoms. The molecular formula is C46H33N5Si. The lowest BCUT2D eigenvalue weighted by Gasteiger charge is -2.30. The van der Waals surface area contributed by atoms with Crippen molar-refractivity contribution in [3.05, 3.63) is 168 Å². The molecule has 0 aliphatic carbocycles. The van der Waals surface area contributed by atoms with Crippen molar-refractivity contribution in [1.29, 1.82) is 10.5 Å². The van der Waals surface area contributed by atoms with Crippen molar-refractivity contribution in [2.45, 2.75) is 19.6 Å². The zero-order chi connectivity index (χ0) is 36.0. The fourth-order valence-electron chi connectivity index (χ4n) is 7.34. The molecule has 0 saturated carbocycles. The third kappa shape index (κ3) is 5.29. The van der Waals surface area contributed by atoms with Gasteiger partial charge in [0.25, 0.3) is 0 Å². The minimum Gasteiger partial charge on any atom is -0.318 e. The van der Waals surface area contributed by atoms with Gasteiger partial charge in [-0.05, 0) is 76.1 Å². The van der Waals surface area contributed by atoms with E-state index in [1.807, 2.05) is 77.7 Å². The molecule has 6 heteroatoms. The molecule has 0 heterocycles. The number of anilines is 6. The van der Waals surface area contributed by atoms with Crippen molar-refractivity contribution in [3.8, 4) is 12.1 Å². The van der Waals surface area contributed by atoms with Crippen molar-refractivity contribution >= 4 is 85.4 Å². The van der Waals surface area contributed by atoms with Gasteiger partial charge >= 0.3 is 0 Å². The van der Waals surface area contributed by atoms with Gasteiger partial charge in [-0.3, -0.25) is 0 Å². The Bertz CT molecular complexity index is 2720. The number of nitrogens with zero attached hydrogens (tertiary/aromatic N) is 5. The smallest absolute Gasteiger partial charge is 0.210 e. The fourth-order valence-corrected chi connectivity index (χ4v) is 8.51. The molecule has 5 nitrogen and oxygen atoms in total. The summed E-state index contributed by atoms with van der Waals surface area (Å²) in [6.45, 7) is 15.1. The van der Waals surface area contributed by atoms with Crippen LogP contribution in [-0.4, -0.2) is 8.07 Å². The van der Waals surface area contributed by atoms with E-state index in [-0.39, 0.29) is 0 Å². The predicted molar refractivity (Wildman–Crippen MR) is 218 cm³/mol. The van der Waals surface area contributed by atoms with Crippen molar-refractivity contribution < 1.29 is 0 Å². The lowest BCUT2D eigenvalue weighted by molar-refractivity contribution is 1.28. The SMILES string of the molecule is [C-]#[N+]c1ccccc1N(c1ccccc1C#N)c1ccc2ccc3c(N(c4ccc([Si](C)(C)C)cc4)c4ccccc4C#N)ccc4ccc1c2c43. The van der Waals surface area contributed by atoms with Gasteiger partial charge in [-0.2, -0.15) is 10.5 Å². The van der Waals surface area contributed by atoms with Crippen molar-refractivity contribution in [2.24, 2.45) is 0 Å². The number of rotatable bonds is 7. The molecule has 0 N–H and O–H groups in total. The van der Waals surface area contributed by atoms with Crippen LogP contribution in [0.4, 0.5) is 39.8 Å². The molecule has 0 saturated heterocycles. The molecule has 8 aromatic rings. The van der Waals surface area contributed by atoms with Crippen molar-refractivity contribution in [3.63, 3.8) is 0 Å². The van der Waals surface area contributed by atoms with E-state index in [0.29, 0.717) is 28.2 Å². The van der Waals surface area contributed by atoms with Crippen LogP contribution in [0.3, 0.4) is 0 Å². The molecule has 0 bridgehead atoms. The van der Waals surface area contributed by atoms with Gasteiger partial charge < -0.3 is 9.80 Å². The van der Waals surface area contributed by atoms with Gasteiger partial charge in [-0.15, -0.1) is 0 Å². The summed E-state index contributed by atoms with van der Waals surface area (Å²) >= 11 is 0. The van der Waals surface area contributed by atoms with Crippen LogP contribution in [0.15, 0.2) is 146 Å². The Morgan fingerprint density at radius 1 is 0.500 bits per heavy atom. The minimum absolute atomic E-state index is 0.496. The van der Waals surface area contributed by atoms with Gasteiger partial charge in [0.2, 0.25) is 5.69 Å². The highest BCUT2D eigenvalue weighted by molar-refractivity contribution is 6.88. The standard InChI is InChI=1S/C46H33N5Si/c1-49-39-13-7-10-16-44(39)51(41-15-9-6-12-34(41)30-48)43-28-20-32-17-25-37-42(27-19-31-18-26-38(43)46(32)45(31)37)50(40-14-8-5-11-33(40)29-47)35-21-23-36(24-22-35)52(2,3)4/h5-28H,2-4H3. The average molecular weight is 684 g/mol. The zero-order valence-corrected chi connectivity index (χ0v) is 30.1. The van der Waals surface area contributed by atoms with Gasteiger partial charge in [0, 0.05) is 16.5 Å². The largest absolute Gasteiger partial charge is 0.318 e. The third-order valence-corrected chi connectivity index (χ3v) is 11.9. The van der Waals surface area contributed by atoms with Crippen molar-refractivity contribution in [1.82, 2.24) is 0 Å². The summed E-state index contributed by atoms with van der Waals surface area (Å²) in [5.41, 5.74) is 6.66. The summed E-state index contributed by atoms with van der Waals surface area (Å²) in [5.74, 6) is 0. The first-order chi connectivity index (χ1) is 25.3. The van der Waals surface area contributed by atoms with Crippen LogP contribution in [0, 0.1) is 29.2 Å². The molecular weight excluding hydrogens is 651 g/mol. The molecule has 0 unspecified atom stereocenters. The van der Waals surface area contributed by atoms with E-state index in [2.05, 4.69) is 114 Å². The van der Waals surface area contributed by atoms with Crippen LogP contribution in [-0.2, 0) is 0 Å². The van der Waals surface area contributed by atoms with E-state index in [0.717, 1.165) is 55.1 Å². The molecule has 8 aromatic carbocycles. The number of para-hydroxylation sites is 4. The summed E-state index contributed by atoms with van der Waals surface area (Å²) in [5, 5.41) is 28.3. The van der Waals surface area contributed by atoms with Gasteiger partial charge in [-0.1, -0.05) is 116 Å². The second-order valence-electron chi connectivity index (χ2n) is 13.9. The number of benzene rings is 8. The van der Waals surface area contributed by atoms with Crippen LogP contribution in [0.25, 0.3) is 37.2 Å². The summed E-state index contributed by atoms with van der Waals surface area (Å²) in [6.07, 6.45) is 0. The molecule has 8 rings (SSSR count). The van der Waals surface area contributed by atoms with Crippen LogP contribution >= 0.6 is 0 Å². The Balaban J connectivity index is 1.43. The fraction of sp³-hybridized carbons (Fsp3) is 0.0652. The first-order valence-electron chi connectivity index (χ1n) is 17.2. The van der Waals surface area contributed by atoms with Crippen LogP contribution in [0.2, 0.25) is 19.6 Å². The van der Waals surface area contributed by atoms with Crippen molar-refractivity contribution in [2.75, 3.05) is 9.80 Å². The quantitative estimate of drug-likeness (QED) is 0.0953. The molecule has 0 aliphatic rings. The Morgan fingerprint density at radius 3 is 1.48 bits per heavy atom. The maximum Gasteiger partial charge on any atom is 0.210 e. The minimum atomic E-state index is -1.54. The Kier molecular flexibility index (Phi) is 7.93. The number of hydrogen-bond donors (Lipinski definition) is 0. The number of nitriles is 2. The van der Waals surface area contributed by atoms with E-state index in [1.165, 1.54) is 5.19 Å². The predicted octanol–water partition coefficient (Wildman–Crippen LogP) is 12.4. The molecule has 0 aromatic heterocycles. The van der Waals surface area contributed by atoms with Crippen LogP contribution in [0.1, 0.15) is 11.1 Å². The van der Waals surface area contributed by atoms with Gasteiger partial charge in [0.05, 0.1) is 54.2 Å². The molecule has 0 radical (unpaired) electrons. The normalized spacial score (nSPS) is 11.3. The highest BCUT2D eigenvalue weighted by Gasteiger charge is 2.25. The van der Waals surface area contributed by atoms with E-state index in [1.54, 1.807) is 0 Å². The summed E-state index contributed by atoms with van der Waals surface area (Å²) in [4.78, 5) is 8.14.